The van der Waals surface area contributed by atoms with Crippen LogP contribution < -0.4 is 10.2 Å². The van der Waals surface area contributed by atoms with Crippen LogP contribution in [0.4, 0.5) is 11.4 Å². The van der Waals surface area contributed by atoms with Crippen molar-refractivity contribution in [2.24, 2.45) is 0 Å². The molecule has 0 atom stereocenters. The van der Waals surface area contributed by atoms with Gasteiger partial charge < -0.3 is 14.6 Å². The smallest absolute Gasteiger partial charge is 0.255 e. The molecule has 0 aliphatic carbocycles. The van der Waals surface area contributed by atoms with Gasteiger partial charge in [0.25, 0.3) is 5.91 Å². The Kier molecular flexibility index (Phi) is 5.36. The number of nitrogens with zero attached hydrogens (tertiary/aromatic N) is 2. The van der Waals surface area contributed by atoms with Crippen LogP contribution in [0.1, 0.15) is 10.4 Å². The number of nitrogens with one attached hydrogen (secondary N) is 1. The number of thioether (sulfide) groups is 1. The monoisotopic (exact) mass is 399 g/mol. The summed E-state index contributed by atoms with van der Waals surface area (Å²) in [5.41, 5.74) is 3.13. The van der Waals surface area contributed by atoms with Crippen molar-refractivity contribution in [3.8, 4) is 11.3 Å². The zero-order valence-electron chi connectivity index (χ0n) is 14.5. The van der Waals surface area contributed by atoms with E-state index >= 15 is 0 Å². The second-order valence-corrected chi connectivity index (χ2v) is 7.79. The highest BCUT2D eigenvalue weighted by atomic mass is 35.5. The number of hydrogen-bond donors (Lipinski definition) is 1. The van der Waals surface area contributed by atoms with Crippen LogP contribution in [0.3, 0.4) is 0 Å². The molecule has 0 unspecified atom stereocenters. The SMILES string of the molecule is O=C(Nc1ccc(N2CCSCC2)c(Cl)c1)c1ccc(-c2cnco2)cc1. The van der Waals surface area contributed by atoms with Crippen LogP contribution in [0, 0.1) is 0 Å². The number of anilines is 2. The van der Waals surface area contributed by atoms with Crippen molar-refractivity contribution in [1.29, 1.82) is 0 Å². The summed E-state index contributed by atoms with van der Waals surface area (Å²) in [7, 11) is 0. The first-order chi connectivity index (χ1) is 13.2. The van der Waals surface area contributed by atoms with Gasteiger partial charge in [0.2, 0.25) is 0 Å². The standard InChI is InChI=1S/C20H18ClN3O2S/c21-17-11-16(5-6-18(17)24-7-9-27-10-8-24)23-20(25)15-3-1-14(2-4-15)19-12-22-13-26-19/h1-6,11-13H,7-10H2,(H,23,25). The predicted molar refractivity (Wildman–Crippen MR) is 111 cm³/mol. The average molecular weight is 400 g/mol. The molecule has 1 aliphatic rings. The number of carbonyl (C=O) groups is 1. The molecular weight excluding hydrogens is 382 g/mol. The van der Waals surface area contributed by atoms with Crippen molar-refractivity contribution in [3.05, 3.63) is 65.6 Å². The first-order valence-corrected chi connectivity index (χ1v) is 10.2. The molecule has 1 amide bonds. The third kappa shape index (κ3) is 4.12. The van der Waals surface area contributed by atoms with E-state index < -0.39 is 0 Å². The van der Waals surface area contributed by atoms with Crippen molar-refractivity contribution in [3.63, 3.8) is 0 Å². The molecule has 1 N–H and O–H groups in total. The molecule has 1 aromatic heterocycles. The fourth-order valence-electron chi connectivity index (χ4n) is 2.99. The molecule has 2 aromatic carbocycles. The Morgan fingerprint density at radius 3 is 2.59 bits per heavy atom. The van der Waals surface area contributed by atoms with Gasteiger partial charge in [-0.1, -0.05) is 23.7 Å². The zero-order valence-corrected chi connectivity index (χ0v) is 16.1. The van der Waals surface area contributed by atoms with Crippen LogP contribution in [0.2, 0.25) is 5.02 Å². The zero-order chi connectivity index (χ0) is 18.6. The fraction of sp³-hybridized carbons (Fsp3) is 0.200. The van der Waals surface area contributed by atoms with E-state index in [-0.39, 0.29) is 5.91 Å². The Morgan fingerprint density at radius 2 is 1.93 bits per heavy atom. The summed E-state index contributed by atoms with van der Waals surface area (Å²) in [5, 5.41) is 3.55. The molecule has 1 fully saturated rings. The molecule has 0 radical (unpaired) electrons. The summed E-state index contributed by atoms with van der Waals surface area (Å²) in [4.78, 5) is 18.7. The lowest BCUT2D eigenvalue weighted by molar-refractivity contribution is 0.102. The molecule has 0 spiro atoms. The minimum Gasteiger partial charge on any atom is -0.444 e. The third-order valence-corrected chi connectivity index (χ3v) is 5.67. The van der Waals surface area contributed by atoms with Gasteiger partial charge in [-0.2, -0.15) is 11.8 Å². The number of carbonyl (C=O) groups excluding carboxylic acids is 1. The molecule has 1 saturated heterocycles. The van der Waals surface area contributed by atoms with E-state index in [0.29, 0.717) is 22.0 Å². The topological polar surface area (TPSA) is 58.4 Å². The van der Waals surface area contributed by atoms with Crippen LogP contribution in [-0.4, -0.2) is 35.5 Å². The number of aromatic nitrogens is 1. The number of amides is 1. The van der Waals surface area contributed by atoms with E-state index in [0.717, 1.165) is 35.8 Å². The van der Waals surface area contributed by atoms with E-state index in [1.54, 1.807) is 24.4 Å². The van der Waals surface area contributed by atoms with E-state index in [9.17, 15) is 4.79 Å². The van der Waals surface area contributed by atoms with Gasteiger partial charge >= 0.3 is 0 Å². The summed E-state index contributed by atoms with van der Waals surface area (Å²) in [6.07, 6.45) is 3.02. The number of rotatable bonds is 4. The normalized spacial score (nSPS) is 14.2. The van der Waals surface area contributed by atoms with Gasteiger partial charge in [-0.05, 0) is 30.3 Å². The Balaban J connectivity index is 1.45. The molecule has 7 heteroatoms. The largest absolute Gasteiger partial charge is 0.444 e. The maximum Gasteiger partial charge on any atom is 0.255 e. The quantitative estimate of drug-likeness (QED) is 0.682. The summed E-state index contributed by atoms with van der Waals surface area (Å²) < 4.78 is 5.26. The summed E-state index contributed by atoms with van der Waals surface area (Å²) in [5.74, 6) is 2.70. The summed E-state index contributed by atoms with van der Waals surface area (Å²) in [6.45, 7) is 1.99. The lowest BCUT2D eigenvalue weighted by Crippen LogP contribution is -2.32. The van der Waals surface area contributed by atoms with Crippen molar-refractivity contribution in [2.45, 2.75) is 0 Å². The molecule has 4 rings (SSSR count). The molecular formula is C20H18ClN3O2S. The van der Waals surface area contributed by atoms with Gasteiger partial charge in [0.05, 0.1) is 16.9 Å². The minimum atomic E-state index is -0.183. The maximum absolute atomic E-state index is 12.5. The van der Waals surface area contributed by atoms with Crippen molar-refractivity contribution < 1.29 is 9.21 Å². The van der Waals surface area contributed by atoms with Crippen molar-refractivity contribution in [2.75, 3.05) is 34.8 Å². The highest BCUT2D eigenvalue weighted by Crippen LogP contribution is 2.30. The fourth-order valence-corrected chi connectivity index (χ4v) is 4.20. The van der Waals surface area contributed by atoms with Crippen LogP contribution in [0.25, 0.3) is 11.3 Å². The van der Waals surface area contributed by atoms with E-state index in [1.165, 1.54) is 6.39 Å². The lowest BCUT2D eigenvalue weighted by atomic mass is 10.1. The molecule has 138 valence electrons. The Hall–Kier alpha value is -2.44. The molecule has 2 heterocycles. The first-order valence-electron chi connectivity index (χ1n) is 8.63. The Bertz CT molecular complexity index is 923. The van der Waals surface area contributed by atoms with Gasteiger partial charge in [0.15, 0.2) is 12.2 Å². The van der Waals surface area contributed by atoms with Crippen molar-refractivity contribution in [1.82, 2.24) is 4.98 Å². The van der Waals surface area contributed by atoms with Crippen LogP contribution >= 0.6 is 23.4 Å². The molecule has 0 saturated carbocycles. The number of halogens is 1. The van der Waals surface area contributed by atoms with E-state index in [2.05, 4.69) is 15.2 Å². The molecule has 5 nitrogen and oxygen atoms in total. The summed E-state index contributed by atoms with van der Waals surface area (Å²) >= 11 is 8.41. The second kappa shape index (κ2) is 8.06. The Morgan fingerprint density at radius 1 is 1.15 bits per heavy atom. The average Bonchev–Trinajstić information content (AvgIpc) is 3.24. The van der Waals surface area contributed by atoms with Crippen LogP contribution in [-0.2, 0) is 0 Å². The highest BCUT2D eigenvalue weighted by Gasteiger charge is 2.15. The number of oxazole rings is 1. The third-order valence-electron chi connectivity index (χ3n) is 4.42. The van der Waals surface area contributed by atoms with Gasteiger partial charge in [-0.25, -0.2) is 4.98 Å². The number of benzene rings is 2. The predicted octanol–water partition coefficient (Wildman–Crippen LogP) is 4.80. The van der Waals surface area contributed by atoms with Crippen LogP contribution in [0.15, 0.2) is 59.5 Å². The van der Waals surface area contributed by atoms with E-state index in [4.69, 9.17) is 16.0 Å². The molecule has 3 aromatic rings. The van der Waals surface area contributed by atoms with Gasteiger partial charge in [0, 0.05) is 41.4 Å². The van der Waals surface area contributed by atoms with E-state index in [1.807, 2.05) is 36.0 Å². The van der Waals surface area contributed by atoms with Crippen molar-refractivity contribution >= 4 is 40.6 Å². The second-order valence-electron chi connectivity index (χ2n) is 6.16. The lowest BCUT2D eigenvalue weighted by Gasteiger charge is -2.29. The van der Waals surface area contributed by atoms with Crippen LogP contribution in [0.5, 0.6) is 0 Å². The molecule has 27 heavy (non-hydrogen) atoms. The van der Waals surface area contributed by atoms with Gasteiger partial charge in [-0.3, -0.25) is 4.79 Å². The molecule has 1 aliphatic heterocycles. The summed E-state index contributed by atoms with van der Waals surface area (Å²) in [6, 6.07) is 12.9. The van der Waals surface area contributed by atoms with Gasteiger partial charge in [0.1, 0.15) is 0 Å². The molecule has 0 bridgehead atoms. The minimum absolute atomic E-state index is 0.183. The number of hydrogen-bond acceptors (Lipinski definition) is 5. The Labute approximate surface area is 166 Å². The first kappa shape index (κ1) is 17.9. The van der Waals surface area contributed by atoms with Gasteiger partial charge in [-0.15, -0.1) is 0 Å². The highest BCUT2D eigenvalue weighted by molar-refractivity contribution is 7.99. The maximum atomic E-state index is 12.5.